The second kappa shape index (κ2) is 7.24. The fraction of sp³-hybridized carbons (Fsp3) is 0.222. The highest BCUT2D eigenvalue weighted by molar-refractivity contribution is 7.71. The second-order valence-electron chi connectivity index (χ2n) is 5.27. The minimum Gasteiger partial charge on any atom is -0.494 e. The molecule has 0 aliphatic heterocycles. The van der Waals surface area contributed by atoms with Gasteiger partial charge < -0.3 is 4.74 Å². The number of ether oxygens (including phenoxy) is 1. The van der Waals surface area contributed by atoms with Gasteiger partial charge in [-0.3, -0.25) is 9.67 Å². The Morgan fingerprint density at radius 3 is 2.48 bits per heavy atom. The molecule has 0 spiro atoms. The van der Waals surface area contributed by atoms with Crippen molar-refractivity contribution in [3.05, 3.63) is 76.3 Å². The predicted molar refractivity (Wildman–Crippen MR) is 93.4 cm³/mol. The van der Waals surface area contributed by atoms with Crippen molar-refractivity contribution in [2.45, 2.75) is 19.9 Å². The van der Waals surface area contributed by atoms with Crippen molar-refractivity contribution in [1.29, 1.82) is 0 Å². The van der Waals surface area contributed by atoms with E-state index in [9.17, 15) is 0 Å². The molecule has 23 heavy (non-hydrogen) atoms. The number of H-pyrrole nitrogens is 1. The lowest BCUT2D eigenvalue weighted by atomic mass is 10.1. The number of hydrogen-bond donors (Lipinski definition) is 1. The van der Waals surface area contributed by atoms with Gasteiger partial charge in [-0.05, 0) is 42.4 Å². The van der Waals surface area contributed by atoms with Crippen LogP contribution in [0.4, 0.5) is 0 Å². The van der Waals surface area contributed by atoms with Crippen molar-refractivity contribution in [2.75, 3.05) is 6.61 Å². The van der Waals surface area contributed by atoms with Crippen LogP contribution in [-0.4, -0.2) is 21.4 Å². The molecular weight excluding hydrogens is 306 g/mol. The molecule has 0 aliphatic carbocycles. The first-order chi connectivity index (χ1) is 11.3. The quantitative estimate of drug-likeness (QED) is 0.697. The third kappa shape index (κ3) is 3.87. The fourth-order valence-corrected chi connectivity index (χ4v) is 2.68. The molecular formula is C18H19N3OS. The summed E-state index contributed by atoms with van der Waals surface area (Å²) in [6, 6.07) is 18.4. The van der Waals surface area contributed by atoms with Gasteiger partial charge in [0, 0.05) is 6.42 Å². The fourth-order valence-electron chi connectivity index (χ4n) is 2.47. The van der Waals surface area contributed by atoms with Gasteiger partial charge in [-0.25, -0.2) is 0 Å². The summed E-state index contributed by atoms with van der Waals surface area (Å²) >= 11 is 5.38. The molecule has 1 aromatic heterocycles. The molecule has 3 rings (SSSR count). The number of hydrogen-bond acceptors (Lipinski definition) is 3. The average Bonchev–Trinajstić information content (AvgIpc) is 2.91. The maximum atomic E-state index is 5.48. The van der Waals surface area contributed by atoms with E-state index in [1.54, 1.807) is 0 Å². The molecule has 0 saturated heterocycles. The van der Waals surface area contributed by atoms with Gasteiger partial charge in [0.05, 0.1) is 13.2 Å². The highest BCUT2D eigenvalue weighted by Gasteiger charge is 2.08. The molecule has 1 N–H and O–H groups in total. The molecule has 0 fully saturated rings. The highest BCUT2D eigenvalue weighted by atomic mass is 32.1. The minimum absolute atomic E-state index is 0.643. The average molecular weight is 325 g/mol. The summed E-state index contributed by atoms with van der Waals surface area (Å²) in [4.78, 5) is 0. The molecule has 0 amide bonds. The monoisotopic (exact) mass is 325 g/mol. The van der Waals surface area contributed by atoms with Gasteiger partial charge in [-0.1, -0.05) is 42.5 Å². The summed E-state index contributed by atoms with van der Waals surface area (Å²) in [5.41, 5.74) is 2.38. The molecule has 3 aromatic rings. The van der Waals surface area contributed by atoms with Crippen molar-refractivity contribution < 1.29 is 4.74 Å². The van der Waals surface area contributed by atoms with E-state index in [0.29, 0.717) is 17.9 Å². The van der Waals surface area contributed by atoms with Crippen LogP contribution in [0.25, 0.3) is 0 Å². The van der Waals surface area contributed by atoms with Gasteiger partial charge in [0.2, 0.25) is 0 Å². The van der Waals surface area contributed by atoms with E-state index < -0.39 is 0 Å². The van der Waals surface area contributed by atoms with Gasteiger partial charge in [0.15, 0.2) is 4.77 Å². The molecule has 0 atom stereocenters. The first-order valence-corrected chi connectivity index (χ1v) is 8.07. The topological polar surface area (TPSA) is 42.8 Å². The van der Waals surface area contributed by atoms with Crippen molar-refractivity contribution in [2.24, 2.45) is 0 Å². The Bertz CT molecular complexity index is 806. The smallest absolute Gasteiger partial charge is 0.195 e. The largest absolute Gasteiger partial charge is 0.494 e. The first-order valence-electron chi connectivity index (χ1n) is 7.66. The SMILES string of the molecule is CCOc1ccc(Cn2c(Cc3ccccc3)n[nH]c2=S)cc1. The standard InChI is InChI=1S/C18H19N3OS/c1-2-22-16-10-8-15(9-11-16)13-21-17(19-20-18(21)23)12-14-6-4-3-5-7-14/h3-11H,2,12-13H2,1H3,(H,20,23). The Labute approximate surface area is 140 Å². The van der Waals surface area contributed by atoms with Gasteiger partial charge >= 0.3 is 0 Å². The van der Waals surface area contributed by atoms with Crippen molar-refractivity contribution in [3.63, 3.8) is 0 Å². The molecule has 0 radical (unpaired) electrons. The zero-order valence-corrected chi connectivity index (χ0v) is 13.8. The van der Waals surface area contributed by atoms with Gasteiger partial charge in [0.1, 0.15) is 11.6 Å². The van der Waals surface area contributed by atoms with E-state index in [4.69, 9.17) is 17.0 Å². The lowest BCUT2D eigenvalue weighted by Crippen LogP contribution is -2.06. The molecule has 4 nitrogen and oxygen atoms in total. The van der Waals surface area contributed by atoms with Crippen molar-refractivity contribution in [1.82, 2.24) is 14.8 Å². The van der Waals surface area contributed by atoms with Crippen LogP contribution >= 0.6 is 12.2 Å². The summed E-state index contributed by atoms with van der Waals surface area (Å²) in [6.45, 7) is 3.35. The lowest BCUT2D eigenvalue weighted by Gasteiger charge is -2.08. The second-order valence-corrected chi connectivity index (χ2v) is 5.66. The van der Waals surface area contributed by atoms with Crippen molar-refractivity contribution >= 4 is 12.2 Å². The van der Waals surface area contributed by atoms with Gasteiger partial charge in [-0.15, -0.1) is 0 Å². The number of nitrogens with one attached hydrogen (secondary N) is 1. The van der Waals surface area contributed by atoms with E-state index in [1.165, 1.54) is 11.1 Å². The Hall–Kier alpha value is -2.40. The molecule has 0 aliphatic rings. The van der Waals surface area contributed by atoms with E-state index in [1.807, 2.05) is 41.8 Å². The third-order valence-corrected chi connectivity index (χ3v) is 3.93. The number of aromatic amines is 1. The minimum atomic E-state index is 0.643. The summed E-state index contributed by atoms with van der Waals surface area (Å²) < 4.78 is 8.16. The molecule has 1 heterocycles. The van der Waals surface area contributed by atoms with Crippen LogP contribution in [0.5, 0.6) is 5.75 Å². The summed E-state index contributed by atoms with van der Waals surface area (Å²) in [5.74, 6) is 1.83. The van der Waals surface area contributed by atoms with Crippen molar-refractivity contribution in [3.8, 4) is 5.75 Å². The lowest BCUT2D eigenvalue weighted by molar-refractivity contribution is 0.340. The summed E-state index contributed by atoms with van der Waals surface area (Å²) in [7, 11) is 0. The molecule has 0 bridgehead atoms. The van der Waals surface area contributed by atoms with E-state index in [-0.39, 0.29) is 0 Å². The van der Waals surface area contributed by atoms with Crippen LogP contribution in [0.2, 0.25) is 0 Å². The Kier molecular flexibility index (Phi) is 4.88. The van der Waals surface area contributed by atoms with Crippen LogP contribution in [0.15, 0.2) is 54.6 Å². The number of benzene rings is 2. The molecule has 0 saturated carbocycles. The third-order valence-electron chi connectivity index (χ3n) is 3.62. The Balaban J connectivity index is 1.80. The maximum absolute atomic E-state index is 5.48. The predicted octanol–water partition coefficient (Wildman–Crippen LogP) is 3.98. The summed E-state index contributed by atoms with van der Waals surface area (Å²) in [6.07, 6.45) is 0.755. The van der Waals surface area contributed by atoms with Crippen LogP contribution < -0.4 is 4.74 Å². The molecule has 5 heteroatoms. The van der Waals surface area contributed by atoms with Crippen LogP contribution in [0.3, 0.4) is 0 Å². The number of aromatic nitrogens is 3. The molecule has 0 unspecified atom stereocenters. The van der Waals surface area contributed by atoms with E-state index >= 15 is 0 Å². The van der Waals surface area contributed by atoms with E-state index in [2.05, 4.69) is 34.5 Å². The van der Waals surface area contributed by atoms with Crippen LogP contribution in [0, 0.1) is 4.77 Å². The van der Waals surface area contributed by atoms with Crippen LogP contribution in [-0.2, 0) is 13.0 Å². The first kappa shape index (κ1) is 15.5. The van der Waals surface area contributed by atoms with E-state index in [0.717, 1.165) is 18.0 Å². The number of rotatable bonds is 6. The zero-order valence-electron chi connectivity index (χ0n) is 13.0. The number of nitrogens with zero attached hydrogens (tertiary/aromatic N) is 2. The van der Waals surface area contributed by atoms with Crippen LogP contribution in [0.1, 0.15) is 23.9 Å². The Morgan fingerprint density at radius 2 is 1.78 bits per heavy atom. The van der Waals surface area contributed by atoms with Gasteiger partial charge in [0.25, 0.3) is 0 Å². The zero-order chi connectivity index (χ0) is 16.1. The highest BCUT2D eigenvalue weighted by Crippen LogP contribution is 2.15. The normalized spacial score (nSPS) is 10.7. The van der Waals surface area contributed by atoms with Gasteiger partial charge in [-0.2, -0.15) is 5.10 Å². The maximum Gasteiger partial charge on any atom is 0.195 e. The molecule has 2 aromatic carbocycles. The Morgan fingerprint density at radius 1 is 1.04 bits per heavy atom. The molecule has 118 valence electrons. The summed E-state index contributed by atoms with van der Waals surface area (Å²) in [5, 5.41) is 7.28.